The van der Waals surface area contributed by atoms with Gasteiger partial charge >= 0.3 is 5.97 Å². The third-order valence-electron chi connectivity index (χ3n) is 6.69. The van der Waals surface area contributed by atoms with Crippen molar-refractivity contribution in [3.63, 3.8) is 0 Å². The van der Waals surface area contributed by atoms with Crippen LogP contribution in [0.15, 0.2) is 30.3 Å². The molecule has 2 amide bonds. The van der Waals surface area contributed by atoms with Gasteiger partial charge in [-0.2, -0.15) is 0 Å². The van der Waals surface area contributed by atoms with Gasteiger partial charge in [0.2, 0.25) is 11.8 Å². The summed E-state index contributed by atoms with van der Waals surface area (Å²) in [6, 6.07) is 9.30. The molecule has 0 heterocycles. The van der Waals surface area contributed by atoms with Gasteiger partial charge in [0.15, 0.2) is 0 Å². The van der Waals surface area contributed by atoms with Crippen LogP contribution in [0.1, 0.15) is 115 Å². The van der Waals surface area contributed by atoms with Gasteiger partial charge < -0.3 is 15.7 Å². The highest BCUT2D eigenvalue weighted by molar-refractivity contribution is 5.86. The second-order valence-corrected chi connectivity index (χ2v) is 9.65. The summed E-state index contributed by atoms with van der Waals surface area (Å²) in [7, 11) is 1.57. The van der Waals surface area contributed by atoms with E-state index >= 15 is 0 Å². The highest BCUT2D eigenvalue weighted by Gasteiger charge is 2.25. The highest BCUT2D eigenvalue weighted by atomic mass is 16.4. The van der Waals surface area contributed by atoms with E-state index in [-0.39, 0.29) is 24.8 Å². The number of aliphatic carboxylic acids is 1. The smallest absolute Gasteiger partial charge is 0.304 e. The van der Waals surface area contributed by atoms with Crippen LogP contribution in [-0.2, 0) is 14.4 Å². The molecule has 6 nitrogen and oxygen atoms in total. The molecule has 6 heteroatoms. The fraction of sp³-hybridized carbons (Fsp3) is 0.690. The van der Waals surface area contributed by atoms with Crippen molar-refractivity contribution in [2.45, 2.75) is 109 Å². The van der Waals surface area contributed by atoms with Crippen LogP contribution < -0.4 is 10.6 Å². The maximum atomic E-state index is 12.8. The van der Waals surface area contributed by atoms with E-state index in [1.807, 2.05) is 30.3 Å². The number of carboxylic acids is 1. The zero-order chi connectivity index (χ0) is 25.7. The summed E-state index contributed by atoms with van der Waals surface area (Å²) in [6.45, 7) is 2.40. The standard InChI is InChI=1S/C29H48N2O4/c1-3-4-5-6-7-8-9-10-11-12-13-14-16-21-25(22-27(32)33)28(34)31-23-26(29(35)30-2)24-19-17-15-18-20-24/h15,17-20,25-26H,3-14,16,21-23H2,1-2H3,(H,30,35)(H,31,34)(H,32,33). The molecule has 2 unspecified atom stereocenters. The van der Waals surface area contributed by atoms with Crippen LogP contribution in [0.25, 0.3) is 0 Å². The summed E-state index contributed by atoms with van der Waals surface area (Å²) in [5.74, 6) is -2.50. The van der Waals surface area contributed by atoms with Crippen molar-refractivity contribution in [1.82, 2.24) is 10.6 Å². The van der Waals surface area contributed by atoms with Crippen molar-refractivity contribution in [3.8, 4) is 0 Å². The molecule has 0 radical (unpaired) electrons. The summed E-state index contributed by atoms with van der Waals surface area (Å²) in [4.78, 5) is 36.4. The average molecular weight is 489 g/mol. The molecule has 0 aliphatic heterocycles. The van der Waals surface area contributed by atoms with Gasteiger partial charge in [-0.15, -0.1) is 0 Å². The third-order valence-corrected chi connectivity index (χ3v) is 6.69. The molecule has 0 saturated carbocycles. The minimum atomic E-state index is -0.967. The van der Waals surface area contributed by atoms with Crippen LogP contribution in [0.4, 0.5) is 0 Å². The second-order valence-electron chi connectivity index (χ2n) is 9.65. The molecule has 0 spiro atoms. The normalized spacial score (nSPS) is 12.6. The molecule has 0 aliphatic carbocycles. The summed E-state index contributed by atoms with van der Waals surface area (Å²) < 4.78 is 0. The van der Waals surface area contributed by atoms with E-state index in [0.29, 0.717) is 6.42 Å². The number of nitrogens with one attached hydrogen (secondary N) is 2. The molecule has 0 saturated heterocycles. The largest absolute Gasteiger partial charge is 0.481 e. The van der Waals surface area contributed by atoms with Crippen molar-refractivity contribution in [2.24, 2.45) is 5.92 Å². The minimum absolute atomic E-state index is 0.150. The van der Waals surface area contributed by atoms with Crippen LogP contribution >= 0.6 is 0 Å². The van der Waals surface area contributed by atoms with Crippen LogP contribution in [0.5, 0.6) is 0 Å². The van der Waals surface area contributed by atoms with E-state index in [0.717, 1.165) is 24.8 Å². The molecule has 1 aromatic rings. The monoisotopic (exact) mass is 488 g/mol. The van der Waals surface area contributed by atoms with Gasteiger partial charge in [-0.05, 0) is 12.0 Å². The van der Waals surface area contributed by atoms with Crippen molar-refractivity contribution in [3.05, 3.63) is 35.9 Å². The summed E-state index contributed by atoms with van der Waals surface area (Å²) in [6.07, 6.45) is 16.6. The Morgan fingerprint density at radius 3 is 1.77 bits per heavy atom. The van der Waals surface area contributed by atoms with E-state index in [2.05, 4.69) is 17.6 Å². The lowest BCUT2D eigenvalue weighted by Crippen LogP contribution is -2.39. The molecule has 1 rings (SSSR count). The molecule has 3 N–H and O–H groups in total. The Morgan fingerprint density at radius 1 is 0.771 bits per heavy atom. The molecular formula is C29H48N2O4. The third kappa shape index (κ3) is 14.6. The number of hydrogen-bond acceptors (Lipinski definition) is 3. The van der Waals surface area contributed by atoms with Gasteiger partial charge in [0.25, 0.3) is 0 Å². The van der Waals surface area contributed by atoms with E-state index in [1.54, 1.807) is 7.05 Å². The number of likely N-dealkylation sites (N-methyl/N-ethyl adjacent to an activating group) is 1. The van der Waals surface area contributed by atoms with E-state index in [1.165, 1.54) is 64.2 Å². The molecule has 0 aliphatic rings. The minimum Gasteiger partial charge on any atom is -0.481 e. The Labute approximate surface area is 212 Å². The van der Waals surface area contributed by atoms with Gasteiger partial charge in [-0.3, -0.25) is 14.4 Å². The van der Waals surface area contributed by atoms with E-state index < -0.39 is 17.8 Å². The van der Waals surface area contributed by atoms with E-state index in [9.17, 15) is 19.5 Å². The first-order chi connectivity index (χ1) is 17.0. The maximum Gasteiger partial charge on any atom is 0.304 e. The summed E-state index contributed by atoms with van der Waals surface area (Å²) in [5, 5.41) is 14.8. The fourth-order valence-corrected chi connectivity index (χ4v) is 4.51. The first-order valence-corrected chi connectivity index (χ1v) is 13.8. The number of benzene rings is 1. The lowest BCUT2D eigenvalue weighted by molar-refractivity contribution is -0.141. The van der Waals surface area contributed by atoms with Crippen molar-refractivity contribution >= 4 is 17.8 Å². The molecule has 1 aromatic carbocycles. The lowest BCUT2D eigenvalue weighted by atomic mass is 9.94. The van der Waals surface area contributed by atoms with Crippen LogP contribution in [0, 0.1) is 5.92 Å². The molecule has 0 aromatic heterocycles. The molecule has 35 heavy (non-hydrogen) atoms. The first kappa shape index (κ1) is 30.7. The quantitative estimate of drug-likeness (QED) is 0.179. The number of unbranched alkanes of at least 4 members (excludes halogenated alkanes) is 12. The maximum absolute atomic E-state index is 12.8. The summed E-state index contributed by atoms with van der Waals surface area (Å²) in [5.41, 5.74) is 0.818. The first-order valence-electron chi connectivity index (χ1n) is 13.8. The lowest BCUT2D eigenvalue weighted by Gasteiger charge is -2.19. The number of carbonyl (C=O) groups is 3. The van der Waals surface area contributed by atoms with E-state index in [4.69, 9.17) is 0 Å². The van der Waals surface area contributed by atoms with Crippen LogP contribution in [0.3, 0.4) is 0 Å². The zero-order valence-electron chi connectivity index (χ0n) is 22.0. The topological polar surface area (TPSA) is 95.5 Å². The van der Waals surface area contributed by atoms with Crippen LogP contribution in [-0.4, -0.2) is 36.5 Å². The predicted molar refractivity (Wildman–Crippen MR) is 142 cm³/mol. The van der Waals surface area contributed by atoms with Crippen LogP contribution in [0.2, 0.25) is 0 Å². The number of hydrogen-bond donors (Lipinski definition) is 3. The van der Waals surface area contributed by atoms with Gasteiger partial charge in [0.05, 0.1) is 12.3 Å². The van der Waals surface area contributed by atoms with Gasteiger partial charge in [0.1, 0.15) is 0 Å². The fourth-order valence-electron chi connectivity index (χ4n) is 4.51. The Kier molecular flexibility index (Phi) is 17.4. The van der Waals surface area contributed by atoms with Gasteiger partial charge in [-0.25, -0.2) is 0 Å². The second kappa shape index (κ2) is 19.9. The highest BCUT2D eigenvalue weighted by Crippen LogP contribution is 2.19. The molecular weight excluding hydrogens is 440 g/mol. The van der Waals surface area contributed by atoms with Crippen molar-refractivity contribution in [1.29, 1.82) is 0 Å². The SMILES string of the molecule is CCCCCCCCCCCCCCCC(CC(=O)O)C(=O)NCC(C(=O)NC)c1ccccc1. The molecule has 0 bridgehead atoms. The van der Waals surface area contributed by atoms with Crippen molar-refractivity contribution in [2.75, 3.05) is 13.6 Å². The number of rotatable bonds is 21. The van der Waals surface area contributed by atoms with Gasteiger partial charge in [-0.1, -0.05) is 121 Å². The number of amides is 2. The van der Waals surface area contributed by atoms with Gasteiger partial charge in [0, 0.05) is 19.5 Å². The molecule has 198 valence electrons. The number of carboxylic acid groups (broad SMARTS) is 1. The Morgan fingerprint density at radius 2 is 1.29 bits per heavy atom. The Balaban J connectivity index is 2.31. The number of carbonyl (C=O) groups excluding carboxylic acids is 2. The average Bonchev–Trinajstić information content (AvgIpc) is 2.86. The Hall–Kier alpha value is -2.37. The zero-order valence-corrected chi connectivity index (χ0v) is 22.0. The van der Waals surface area contributed by atoms with Crippen molar-refractivity contribution < 1.29 is 19.5 Å². The Bertz CT molecular complexity index is 708. The predicted octanol–water partition coefficient (Wildman–Crippen LogP) is 6.20. The molecule has 2 atom stereocenters. The molecule has 0 fully saturated rings. The summed E-state index contributed by atoms with van der Waals surface area (Å²) >= 11 is 0.